The number of hydrogen-bond acceptors (Lipinski definition) is 5. The lowest BCUT2D eigenvalue weighted by Gasteiger charge is -2.23. The summed E-state index contributed by atoms with van der Waals surface area (Å²) in [5, 5.41) is 12.7. The molecule has 0 saturated heterocycles. The molecular weight excluding hydrogens is 234 g/mol. The van der Waals surface area contributed by atoms with E-state index in [1.54, 1.807) is 0 Å². The number of nitrogens with zero attached hydrogens (tertiary/aromatic N) is 3. The molecule has 18 heavy (non-hydrogen) atoms. The van der Waals surface area contributed by atoms with Gasteiger partial charge in [-0.15, -0.1) is 0 Å². The number of carboxylic acids is 1. The summed E-state index contributed by atoms with van der Waals surface area (Å²) in [6.45, 7) is 5.11. The first-order chi connectivity index (χ1) is 8.56. The van der Waals surface area contributed by atoms with Crippen molar-refractivity contribution in [2.75, 3.05) is 6.54 Å². The van der Waals surface area contributed by atoms with Crippen LogP contribution < -0.4 is 0 Å². The minimum Gasteiger partial charge on any atom is -0.481 e. The van der Waals surface area contributed by atoms with E-state index >= 15 is 0 Å². The van der Waals surface area contributed by atoms with Crippen molar-refractivity contribution in [1.82, 2.24) is 15.0 Å². The van der Waals surface area contributed by atoms with Crippen LogP contribution in [-0.2, 0) is 11.3 Å². The van der Waals surface area contributed by atoms with E-state index in [0.29, 0.717) is 24.8 Å². The molecule has 0 unspecified atom stereocenters. The molecule has 0 aromatic carbocycles. The highest BCUT2D eigenvalue weighted by Gasteiger charge is 2.29. The molecule has 1 saturated carbocycles. The molecule has 1 heterocycles. The Labute approximate surface area is 106 Å². The molecular formula is C12H19N3O3. The maximum Gasteiger partial charge on any atom is 0.304 e. The second-order valence-corrected chi connectivity index (χ2v) is 5.03. The van der Waals surface area contributed by atoms with Gasteiger partial charge in [0, 0.05) is 18.5 Å². The molecule has 1 aromatic heterocycles. The number of carboxylic acid groups (broad SMARTS) is 1. The zero-order chi connectivity index (χ0) is 13.1. The predicted octanol–water partition coefficient (Wildman–Crippen LogP) is 1.63. The summed E-state index contributed by atoms with van der Waals surface area (Å²) >= 11 is 0. The van der Waals surface area contributed by atoms with E-state index in [9.17, 15) is 4.79 Å². The van der Waals surface area contributed by atoms with Crippen LogP contribution in [0.5, 0.6) is 0 Å². The SMILES string of the molecule is CC(C)N(CCC(=O)O)Cc1noc(C2CC2)n1. The quantitative estimate of drug-likeness (QED) is 0.795. The smallest absolute Gasteiger partial charge is 0.304 e. The summed E-state index contributed by atoms with van der Waals surface area (Å²) in [7, 11) is 0. The van der Waals surface area contributed by atoms with Gasteiger partial charge in [0.15, 0.2) is 5.82 Å². The van der Waals surface area contributed by atoms with Crippen LogP contribution in [-0.4, -0.2) is 38.7 Å². The van der Waals surface area contributed by atoms with Crippen LogP contribution in [0.1, 0.15) is 50.7 Å². The van der Waals surface area contributed by atoms with Gasteiger partial charge in [-0.25, -0.2) is 0 Å². The van der Waals surface area contributed by atoms with E-state index in [0.717, 1.165) is 18.7 Å². The van der Waals surface area contributed by atoms with Gasteiger partial charge in [0.25, 0.3) is 0 Å². The van der Waals surface area contributed by atoms with Gasteiger partial charge in [0.1, 0.15) is 0 Å². The van der Waals surface area contributed by atoms with Gasteiger partial charge in [-0.1, -0.05) is 5.16 Å². The van der Waals surface area contributed by atoms with Crippen molar-refractivity contribution in [3.05, 3.63) is 11.7 Å². The molecule has 0 atom stereocenters. The van der Waals surface area contributed by atoms with Crippen molar-refractivity contribution in [2.24, 2.45) is 0 Å². The van der Waals surface area contributed by atoms with Crippen molar-refractivity contribution >= 4 is 5.97 Å². The zero-order valence-electron chi connectivity index (χ0n) is 10.8. The Bertz CT molecular complexity index is 412. The second kappa shape index (κ2) is 5.48. The van der Waals surface area contributed by atoms with Gasteiger partial charge in [-0.2, -0.15) is 4.98 Å². The molecule has 0 amide bonds. The van der Waals surface area contributed by atoms with Crippen molar-refractivity contribution in [3.63, 3.8) is 0 Å². The third kappa shape index (κ3) is 3.53. The van der Waals surface area contributed by atoms with Gasteiger partial charge in [0.2, 0.25) is 5.89 Å². The topological polar surface area (TPSA) is 79.5 Å². The Morgan fingerprint density at radius 1 is 1.56 bits per heavy atom. The third-order valence-electron chi connectivity index (χ3n) is 3.10. The molecule has 2 rings (SSSR count). The van der Waals surface area contributed by atoms with Crippen LogP contribution in [0, 0.1) is 0 Å². The monoisotopic (exact) mass is 253 g/mol. The molecule has 6 heteroatoms. The van der Waals surface area contributed by atoms with E-state index in [1.807, 2.05) is 18.7 Å². The maximum atomic E-state index is 10.6. The van der Waals surface area contributed by atoms with E-state index in [2.05, 4.69) is 10.1 Å². The van der Waals surface area contributed by atoms with Crippen LogP contribution >= 0.6 is 0 Å². The summed E-state index contributed by atoms with van der Waals surface area (Å²) in [4.78, 5) is 17.0. The summed E-state index contributed by atoms with van der Waals surface area (Å²) in [6.07, 6.45) is 2.40. The van der Waals surface area contributed by atoms with Crippen molar-refractivity contribution in [2.45, 2.75) is 51.6 Å². The lowest BCUT2D eigenvalue weighted by atomic mass is 10.3. The molecule has 6 nitrogen and oxygen atoms in total. The van der Waals surface area contributed by atoms with Crippen LogP contribution in [0.3, 0.4) is 0 Å². The largest absolute Gasteiger partial charge is 0.481 e. The van der Waals surface area contributed by atoms with E-state index in [-0.39, 0.29) is 12.5 Å². The highest BCUT2D eigenvalue weighted by atomic mass is 16.5. The minimum atomic E-state index is -0.785. The molecule has 1 fully saturated rings. The van der Waals surface area contributed by atoms with Gasteiger partial charge < -0.3 is 9.63 Å². The van der Waals surface area contributed by atoms with Crippen molar-refractivity contribution in [1.29, 1.82) is 0 Å². The normalized spacial score (nSPS) is 15.6. The molecule has 0 bridgehead atoms. The van der Waals surface area contributed by atoms with Gasteiger partial charge in [0.05, 0.1) is 13.0 Å². The highest BCUT2D eigenvalue weighted by Crippen LogP contribution is 2.38. The molecule has 1 aromatic rings. The van der Waals surface area contributed by atoms with Gasteiger partial charge in [-0.05, 0) is 26.7 Å². The Morgan fingerprint density at radius 2 is 2.28 bits per heavy atom. The molecule has 1 aliphatic carbocycles. The number of hydrogen-bond donors (Lipinski definition) is 1. The summed E-state index contributed by atoms with van der Waals surface area (Å²) in [6, 6.07) is 0.257. The van der Waals surface area contributed by atoms with Crippen LogP contribution in [0.15, 0.2) is 4.52 Å². The first-order valence-corrected chi connectivity index (χ1v) is 6.34. The lowest BCUT2D eigenvalue weighted by Crippen LogP contribution is -2.32. The van der Waals surface area contributed by atoms with E-state index in [4.69, 9.17) is 9.63 Å². The highest BCUT2D eigenvalue weighted by molar-refractivity contribution is 5.66. The Balaban J connectivity index is 1.91. The van der Waals surface area contributed by atoms with Crippen molar-refractivity contribution < 1.29 is 14.4 Å². The first kappa shape index (κ1) is 13.0. The lowest BCUT2D eigenvalue weighted by molar-refractivity contribution is -0.137. The van der Waals surface area contributed by atoms with Gasteiger partial charge in [-0.3, -0.25) is 9.69 Å². The third-order valence-corrected chi connectivity index (χ3v) is 3.10. The molecule has 0 spiro atoms. The number of aromatic nitrogens is 2. The fourth-order valence-corrected chi connectivity index (χ4v) is 1.77. The molecule has 0 radical (unpaired) electrons. The number of rotatable bonds is 7. The summed E-state index contributed by atoms with van der Waals surface area (Å²) in [5.74, 6) is 1.05. The Hall–Kier alpha value is -1.43. The zero-order valence-corrected chi connectivity index (χ0v) is 10.8. The van der Waals surface area contributed by atoms with Crippen LogP contribution in [0.25, 0.3) is 0 Å². The van der Waals surface area contributed by atoms with Gasteiger partial charge >= 0.3 is 5.97 Å². The summed E-state index contributed by atoms with van der Waals surface area (Å²) < 4.78 is 5.19. The number of aliphatic carboxylic acids is 1. The average Bonchev–Trinajstić information content (AvgIpc) is 3.04. The molecule has 100 valence electrons. The predicted molar refractivity (Wildman–Crippen MR) is 64.1 cm³/mol. The molecule has 1 N–H and O–H groups in total. The molecule has 0 aliphatic heterocycles. The fourth-order valence-electron chi connectivity index (χ4n) is 1.77. The first-order valence-electron chi connectivity index (χ1n) is 6.34. The van der Waals surface area contributed by atoms with E-state index < -0.39 is 5.97 Å². The Morgan fingerprint density at radius 3 is 2.83 bits per heavy atom. The minimum absolute atomic E-state index is 0.130. The average molecular weight is 253 g/mol. The van der Waals surface area contributed by atoms with E-state index in [1.165, 1.54) is 0 Å². The van der Waals surface area contributed by atoms with Crippen LogP contribution in [0.4, 0.5) is 0 Å². The van der Waals surface area contributed by atoms with Crippen molar-refractivity contribution in [3.8, 4) is 0 Å². The summed E-state index contributed by atoms with van der Waals surface area (Å²) in [5.41, 5.74) is 0. The standard InChI is InChI=1S/C12H19N3O3/c1-8(2)15(6-5-11(16)17)7-10-13-12(18-14-10)9-3-4-9/h8-9H,3-7H2,1-2H3,(H,16,17). The number of carbonyl (C=O) groups is 1. The maximum absolute atomic E-state index is 10.6. The second-order valence-electron chi connectivity index (χ2n) is 5.03. The molecule has 1 aliphatic rings. The Kier molecular flexibility index (Phi) is 3.96. The fraction of sp³-hybridized carbons (Fsp3) is 0.750. The van der Waals surface area contributed by atoms with Crippen LogP contribution in [0.2, 0.25) is 0 Å².